The first kappa shape index (κ1) is 16.0. The first-order chi connectivity index (χ1) is 8.81. The Morgan fingerprint density at radius 3 is 2.42 bits per heavy atom. The van der Waals surface area contributed by atoms with Crippen molar-refractivity contribution in [2.45, 2.75) is 71.5 Å². The number of carbonyl (C=O) groups is 1. The van der Waals surface area contributed by atoms with E-state index in [1.54, 1.807) is 0 Å². The van der Waals surface area contributed by atoms with Crippen LogP contribution in [0.15, 0.2) is 23.3 Å². The molecule has 1 unspecified atom stereocenters. The summed E-state index contributed by atoms with van der Waals surface area (Å²) in [5, 5.41) is 8.61. The predicted octanol–water partition coefficient (Wildman–Crippen LogP) is 4.09. The fourth-order valence-electron chi connectivity index (χ4n) is 2.24. The van der Waals surface area contributed by atoms with Crippen LogP contribution in [0, 0.1) is 0 Å². The van der Waals surface area contributed by atoms with Crippen molar-refractivity contribution in [2.24, 2.45) is 0 Å². The molecular weight excluding hydrogens is 240 g/mol. The lowest BCUT2D eigenvalue weighted by Crippen LogP contribution is -2.02. The summed E-state index contributed by atoms with van der Waals surface area (Å²) in [6.07, 6.45) is 9.11. The van der Waals surface area contributed by atoms with E-state index in [2.05, 4.69) is 26.8 Å². The van der Waals surface area contributed by atoms with Gasteiger partial charge in [0, 0.05) is 6.08 Å². The zero-order valence-corrected chi connectivity index (χ0v) is 12.5. The van der Waals surface area contributed by atoms with Gasteiger partial charge in [0.1, 0.15) is 0 Å². The van der Waals surface area contributed by atoms with E-state index in [0.29, 0.717) is 6.10 Å². The number of carboxylic acids is 1. The van der Waals surface area contributed by atoms with Crippen molar-refractivity contribution in [1.29, 1.82) is 0 Å². The molecule has 0 aromatic rings. The number of hydrogen-bond acceptors (Lipinski definition) is 2. The van der Waals surface area contributed by atoms with Crippen LogP contribution in [0.25, 0.3) is 0 Å². The Kier molecular flexibility index (Phi) is 5.80. The first-order valence-electron chi connectivity index (χ1n) is 7.05. The van der Waals surface area contributed by atoms with E-state index in [4.69, 9.17) is 9.84 Å². The van der Waals surface area contributed by atoms with Crippen molar-refractivity contribution in [2.75, 3.05) is 0 Å². The van der Waals surface area contributed by atoms with Crippen LogP contribution in [0.5, 0.6) is 0 Å². The maximum Gasteiger partial charge on any atom is 0.328 e. The van der Waals surface area contributed by atoms with Crippen LogP contribution in [0.3, 0.4) is 0 Å². The fraction of sp³-hybridized carbons (Fsp3) is 0.688. The van der Waals surface area contributed by atoms with E-state index in [1.807, 2.05) is 6.92 Å². The maximum absolute atomic E-state index is 10.5. The molecule has 1 heterocycles. The average molecular weight is 266 g/mol. The van der Waals surface area contributed by atoms with E-state index in [0.717, 1.165) is 31.3 Å². The molecule has 1 saturated heterocycles. The lowest BCUT2D eigenvalue weighted by molar-refractivity contribution is -0.131. The van der Waals surface area contributed by atoms with Crippen LogP contribution < -0.4 is 0 Å². The van der Waals surface area contributed by atoms with Gasteiger partial charge < -0.3 is 9.84 Å². The third-order valence-electron chi connectivity index (χ3n) is 3.60. The zero-order valence-electron chi connectivity index (χ0n) is 12.5. The molecule has 1 N–H and O–H groups in total. The van der Waals surface area contributed by atoms with Crippen LogP contribution in [0.2, 0.25) is 0 Å². The molecular formula is C16H26O3. The molecule has 0 saturated carbocycles. The highest BCUT2D eigenvalue weighted by Crippen LogP contribution is 2.38. The predicted molar refractivity (Wildman–Crippen MR) is 77.2 cm³/mol. The zero-order chi connectivity index (χ0) is 14.5. The number of aliphatic carboxylic acids is 1. The van der Waals surface area contributed by atoms with Gasteiger partial charge in [0.15, 0.2) is 0 Å². The van der Waals surface area contributed by atoms with E-state index in [1.165, 1.54) is 18.1 Å². The van der Waals surface area contributed by atoms with Gasteiger partial charge in [0.2, 0.25) is 0 Å². The average Bonchev–Trinajstić information content (AvgIpc) is 2.85. The van der Waals surface area contributed by atoms with Crippen molar-refractivity contribution < 1.29 is 14.6 Å². The third-order valence-corrected chi connectivity index (χ3v) is 3.60. The van der Waals surface area contributed by atoms with Gasteiger partial charge >= 0.3 is 5.97 Å². The minimum Gasteiger partial charge on any atom is -0.478 e. The van der Waals surface area contributed by atoms with Gasteiger partial charge in [0.25, 0.3) is 0 Å². The maximum atomic E-state index is 10.5. The number of carboxylic acid groups (broad SMARTS) is 1. The number of ether oxygens (including phenoxy) is 1. The molecule has 0 aromatic heterocycles. The quantitative estimate of drug-likeness (QED) is 0.409. The molecule has 1 fully saturated rings. The van der Waals surface area contributed by atoms with Gasteiger partial charge in [0.05, 0.1) is 11.7 Å². The smallest absolute Gasteiger partial charge is 0.328 e. The van der Waals surface area contributed by atoms with Crippen molar-refractivity contribution in [3.8, 4) is 0 Å². The third kappa shape index (κ3) is 6.58. The number of rotatable bonds is 8. The molecule has 0 aliphatic carbocycles. The summed E-state index contributed by atoms with van der Waals surface area (Å²) >= 11 is 0. The Morgan fingerprint density at radius 1 is 1.26 bits per heavy atom. The Morgan fingerprint density at radius 2 is 1.89 bits per heavy atom. The van der Waals surface area contributed by atoms with E-state index in [-0.39, 0.29) is 5.60 Å². The van der Waals surface area contributed by atoms with Crippen LogP contribution in [-0.4, -0.2) is 22.8 Å². The number of allylic oxidation sites excluding steroid dienone is 3. The lowest BCUT2D eigenvalue weighted by Gasteiger charge is -2.02. The summed E-state index contributed by atoms with van der Waals surface area (Å²) in [4.78, 5) is 10.5. The minimum atomic E-state index is -0.856. The first-order valence-corrected chi connectivity index (χ1v) is 7.05. The molecule has 0 bridgehead atoms. The van der Waals surface area contributed by atoms with Crippen LogP contribution in [-0.2, 0) is 9.53 Å². The molecule has 1 atom stereocenters. The molecule has 19 heavy (non-hydrogen) atoms. The Balaban J connectivity index is 2.13. The molecule has 1 rings (SSSR count). The molecule has 108 valence electrons. The molecule has 0 spiro atoms. The van der Waals surface area contributed by atoms with Crippen molar-refractivity contribution in [3.63, 3.8) is 0 Å². The highest BCUT2D eigenvalue weighted by atomic mass is 16.6. The highest BCUT2D eigenvalue weighted by molar-refractivity contribution is 5.80. The second kappa shape index (κ2) is 6.90. The Bertz CT molecular complexity index is 377. The second-order valence-corrected chi connectivity index (χ2v) is 6.02. The van der Waals surface area contributed by atoms with Gasteiger partial charge in [-0.1, -0.05) is 17.2 Å². The fourth-order valence-corrected chi connectivity index (χ4v) is 2.24. The highest BCUT2D eigenvalue weighted by Gasteiger charge is 2.46. The molecule has 1 aliphatic heterocycles. The molecule has 0 aromatic carbocycles. The topological polar surface area (TPSA) is 49.8 Å². The molecule has 0 amide bonds. The van der Waals surface area contributed by atoms with E-state index >= 15 is 0 Å². The minimum absolute atomic E-state index is 0.107. The summed E-state index contributed by atoms with van der Waals surface area (Å²) in [6.45, 7) is 8.29. The monoisotopic (exact) mass is 266 g/mol. The molecule has 1 aliphatic rings. The summed E-state index contributed by atoms with van der Waals surface area (Å²) < 4.78 is 5.55. The molecule has 0 radical (unpaired) electrons. The lowest BCUT2D eigenvalue weighted by atomic mass is 10.0. The summed E-state index contributed by atoms with van der Waals surface area (Å²) in [6, 6.07) is 0. The van der Waals surface area contributed by atoms with Gasteiger partial charge in [-0.2, -0.15) is 0 Å². The van der Waals surface area contributed by atoms with Gasteiger partial charge in [-0.15, -0.1) is 0 Å². The van der Waals surface area contributed by atoms with E-state index < -0.39 is 5.97 Å². The molecule has 3 nitrogen and oxygen atoms in total. The molecule has 3 heteroatoms. The number of epoxide rings is 1. The largest absolute Gasteiger partial charge is 0.478 e. The van der Waals surface area contributed by atoms with Crippen LogP contribution in [0.4, 0.5) is 0 Å². The summed E-state index contributed by atoms with van der Waals surface area (Å²) in [5.74, 6) is -0.856. The van der Waals surface area contributed by atoms with Gasteiger partial charge in [-0.25, -0.2) is 4.79 Å². The standard InChI is InChI=1S/C16H26O3/c1-12(7-5-9-13(2)11-15(17)18)8-6-10-14-16(3,4)19-14/h7,11,14H,5-6,8-10H2,1-4H3,(H,17,18)/b12-7-,13-11+. The Hall–Kier alpha value is -1.09. The van der Waals surface area contributed by atoms with Crippen molar-refractivity contribution in [1.82, 2.24) is 0 Å². The summed E-state index contributed by atoms with van der Waals surface area (Å²) in [7, 11) is 0. The SMILES string of the molecule is C/C(=C/CC/C(C)=C/C(=O)O)CCCC1OC1(C)C. The van der Waals surface area contributed by atoms with E-state index in [9.17, 15) is 4.79 Å². The van der Waals surface area contributed by atoms with Crippen molar-refractivity contribution in [3.05, 3.63) is 23.3 Å². The second-order valence-electron chi connectivity index (χ2n) is 6.02. The normalized spacial score (nSPS) is 22.4. The number of hydrogen-bond donors (Lipinski definition) is 1. The Labute approximate surface area is 116 Å². The van der Waals surface area contributed by atoms with Gasteiger partial charge in [-0.05, 0) is 59.8 Å². The summed E-state index contributed by atoms with van der Waals surface area (Å²) in [5.41, 5.74) is 2.42. The van der Waals surface area contributed by atoms with Crippen molar-refractivity contribution >= 4 is 5.97 Å². The van der Waals surface area contributed by atoms with Crippen LogP contribution >= 0.6 is 0 Å². The van der Waals surface area contributed by atoms with Crippen LogP contribution in [0.1, 0.15) is 59.8 Å². The van der Waals surface area contributed by atoms with Gasteiger partial charge in [-0.3, -0.25) is 0 Å².